The molecule has 1 aliphatic heterocycles. The van der Waals surface area contributed by atoms with Crippen molar-refractivity contribution in [2.45, 2.75) is 12.6 Å². The topological polar surface area (TPSA) is 53.7 Å². The Morgan fingerprint density at radius 1 is 1.10 bits per heavy atom. The van der Waals surface area contributed by atoms with Gasteiger partial charge in [0, 0.05) is 44.6 Å². The standard InChI is InChI=1S/C21H19ClF3N5O/c22-20-16(30-11-2-1-4-18(30)27-20)6-8-19(31)29-10-3-9-28(12-13-29)17-7-5-15(14-26-17)21(23,24)25/h1-2,4-8,11,14H,3,9-10,12-13H2/b8-6+. The summed E-state index contributed by atoms with van der Waals surface area (Å²) in [6.07, 6.45) is 2.03. The molecule has 162 valence electrons. The second-order valence-corrected chi connectivity index (χ2v) is 7.48. The molecule has 1 saturated heterocycles. The average molecular weight is 450 g/mol. The minimum absolute atomic E-state index is 0.163. The van der Waals surface area contributed by atoms with Gasteiger partial charge in [-0.15, -0.1) is 0 Å². The van der Waals surface area contributed by atoms with E-state index in [1.165, 1.54) is 12.1 Å². The van der Waals surface area contributed by atoms with Crippen LogP contribution in [0.15, 0.2) is 48.8 Å². The van der Waals surface area contributed by atoms with Crippen LogP contribution in [-0.2, 0) is 11.0 Å². The third-order valence-corrected chi connectivity index (χ3v) is 5.39. The van der Waals surface area contributed by atoms with Gasteiger partial charge in [0.25, 0.3) is 0 Å². The monoisotopic (exact) mass is 449 g/mol. The van der Waals surface area contributed by atoms with E-state index in [1.54, 1.807) is 15.4 Å². The minimum Gasteiger partial charge on any atom is -0.355 e. The van der Waals surface area contributed by atoms with Crippen LogP contribution < -0.4 is 4.90 Å². The summed E-state index contributed by atoms with van der Waals surface area (Å²) in [7, 11) is 0. The summed E-state index contributed by atoms with van der Waals surface area (Å²) in [5.41, 5.74) is 0.532. The molecule has 0 aromatic carbocycles. The molecule has 1 fully saturated rings. The molecular formula is C21H19ClF3N5O. The van der Waals surface area contributed by atoms with Crippen LogP contribution in [0.25, 0.3) is 11.7 Å². The molecule has 10 heteroatoms. The lowest BCUT2D eigenvalue weighted by Gasteiger charge is -2.22. The number of hydrogen-bond acceptors (Lipinski definition) is 4. The van der Waals surface area contributed by atoms with Gasteiger partial charge in [0.2, 0.25) is 5.91 Å². The van der Waals surface area contributed by atoms with Gasteiger partial charge in [0.15, 0.2) is 5.15 Å². The fourth-order valence-electron chi connectivity index (χ4n) is 3.50. The van der Waals surface area contributed by atoms with Gasteiger partial charge in [-0.05, 0) is 36.8 Å². The number of imidazole rings is 1. The van der Waals surface area contributed by atoms with Gasteiger partial charge in [-0.3, -0.25) is 9.20 Å². The number of pyridine rings is 2. The zero-order valence-corrected chi connectivity index (χ0v) is 17.1. The van der Waals surface area contributed by atoms with Crippen molar-refractivity contribution in [1.29, 1.82) is 0 Å². The second-order valence-electron chi connectivity index (χ2n) is 7.12. The number of alkyl halides is 3. The average Bonchev–Trinajstić information content (AvgIpc) is 2.90. The maximum atomic E-state index is 12.7. The number of amides is 1. The van der Waals surface area contributed by atoms with E-state index in [9.17, 15) is 18.0 Å². The smallest absolute Gasteiger partial charge is 0.355 e. The molecule has 3 aromatic rings. The number of anilines is 1. The third kappa shape index (κ3) is 4.66. The van der Waals surface area contributed by atoms with Crippen LogP contribution in [-0.4, -0.2) is 51.4 Å². The number of hydrogen-bond donors (Lipinski definition) is 0. The van der Waals surface area contributed by atoms with Crippen molar-refractivity contribution in [1.82, 2.24) is 19.3 Å². The number of halogens is 4. The molecule has 3 aromatic heterocycles. The van der Waals surface area contributed by atoms with Crippen molar-refractivity contribution in [2.75, 3.05) is 31.1 Å². The molecule has 4 rings (SSSR count). The highest BCUT2D eigenvalue weighted by Gasteiger charge is 2.31. The van der Waals surface area contributed by atoms with Gasteiger partial charge >= 0.3 is 6.18 Å². The summed E-state index contributed by atoms with van der Waals surface area (Å²) < 4.78 is 40.0. The van der Waals surface area contributed by atoms with Crippen LogP contribution in [0.4, 0.5) is 19.0 Å². The Morgan fingerprint density at radius 3 is 2.68 bits per heavy atom. The molecule has 0 bridgehead atoms. The fourth-order valence-corrected chi connectivity index (χ4v) is 3.74. The number of aromatic nitrogens is 3. The quantitative estimate of drug-likeness (QED) is 0.564. The number of rotatable bonds is 3. The number of carbonyl (C=O) groups is 1. The van der Waals surface area contributed by atoms with Crippen LogP contribution in [0, 0.1) is 0 Å². The highest BCUT2D eigenvalue weighted by atomic mass is 35.5. The first kappa shape index (κ1) is 21.2. The van der Waals surface area contributed by atoms with E-state index >= 15 is 0 Å². The number of fused-ring (bicyclic) bond motifs is 1. The van der Waals surface area contributed by atoms with Crippen LogP contribution in [0.2, 0.25) is 5.15 Å². The first-order valence-electron chi connectivity index (χ1n) is 9.71. The number of nitrogens with zero attached hydrogens (tertiary/aromatic N) is 5. The van der Waals surface area contributed by atoms with Gasteiger partial charge in [-0.25, -0.2) is 9.97 Å². The largest absolute Gasteiger partial charge is 0.417 e. The van der Waals surface area contributed by atoms with Crippen molar-refractivity contribution in [3.63, 3.8) is 0 Å². The molecular weight excluding hydrogens is 431 g/mol. The highest BCUT2D eigenvalue weighted by molar-refractivity contribution is 6.31. The molecule has 6 nitrogen and oxygen atoms in total. The molecule has 0 unspecified atom stereocenters. The van der Waals surface area contributed by atoms with Gasteiger partial charge in [-0.2, -0.15) is 13.2 Å². The lowest BCUT2D eigenvalue weighted by molar-refractivity contribution is -0.137. The zero-order valence-electron chi connectivity index (χ0n) is 16.4. The van der Waals surface area contributed by atoms with E-state index in [4.69, 9.17) is 11.6 Å². The van der Waals surface area contributed by atoms with E-state index in [0.29, 0.717) is 54.9 Å². The molecule has 31 heavy (non-hydrogen) atoms. The van der Waals surface area contributed by atoms with Crippen LogP contribution in [0.3, 0.4) is 0 Å². The Labute approximate surface area is 181 Å². The van der Waals surface area contributed by atoms with E-state index in [-0.39, 0.29) is 5.91 Å². The van der Waals surface area contributed by atoms with E-state index < -0.39 is 11.7 Å². The predicted octanol–water partition coefficient (Wildman–Crippen LogP) is 4.15. The van der Waals surface area contributed by atoms with Crippen molar-refractivity contribution in [3.8, 4) is 0 Å². The first-order chi connectivity index (χ1) is 14.8. The molecule has 0 aliphatic carbocycles. The Morgan fingerprint density at radius 2 is 1.94 bits per heavy atom. The summed E-state index contributed by atoms with van der Waals surface area (Å²) in [4.78, 5) is 24.5. The molecule has 4 heterocycles. The van der Waals surface area contributed by atoms with Crippen LogP contribution >= 0.6 is 11.6 Å². The van der Waals surface area contributed by atoms with Gasteiger partial charge < -0.3 is 9.80 Å². The Hall–Kier alpha value is -3.07. The summed E-state index contributed by atoms with van der Waals surface area (Å²) >= 11 is 6.20. The summed E-state index contributed by atoms with van der Waals surface area (Å²) in [5, 5.41) is 0.311. The van der Waals surface area contributed by atoms with Gasteiger partial charge in [0.05, 0.1) is 11.3 Å². The highest BCUT2D eigenvalue weighted by Crippen LogP contribution is 2.29. The Bertz CT molecular complexity index is 1110. The lowest BCUT2D eigenvalue weighted by Crippen LogP contribution is -2.34. The first-order valence-corrected chi connectivity index (χ1v) is 10.1. The summed E-state index contributed by atoms with van der Waals surface area (Å²) in [6.45, 7) is 2.06. The molecule has 0 atom stereocenters. The molecule has 0 radical (unpaired) electrons. The van der Waals surface area contributed by atoms with E-state index in [1.807, 2.05) is 29.3 Å². The summed E-state index contributed by atoms with van der Waals surface area (Å²) in [6, 6.07) is 7.92. The molecule has 0 spiro atoms. The molecule has 0 N–H and O–H groups in total. The van der Waals surface area contributed by atoms with Crippen LogP contribution in [0.1, 0.15) is 17.7 Å². The van der Waals surface area contributed by atoms with Crippen molar-refractivity contribution in [2.24, 2.45) is 0 Å². The SMILES string of the molecule is O=C(/C=C/c1c(Cl)nc2ccccn12)N1CCCN(c2ccc(C(F)(F)F)cn2)CC1. The van der Waals surface area contributed by atoms with E-state index in [0.717, 1.165) is 12.3 Å². The third-order valence-electron chi connectivity index (χ3n) is 5.11. The maximum Gasteiger partial charge on any atom is 0.417 e. The predicted molar refractivity (Wildman–Crippen MR) is 112 cm³/mol. The molecule has 0 saturated carbocycles. The Kier molecular flexibility index (Phi) is 5.86. The fraction of sp³-hybridized carbons (Fsp3) is 0.286. The second kappa shape index (κ2) is 8.58. The Balaban J connectivity index is 1.42. The maximum absolute atomic E-state index is 12.7. The minimum atomic E-state index is -4.41. The number of carbonyl (C=O) groups excluding carboxylic acids is 1. The normalized spacial score (nSPS) is 15.6. The molecule has 1 aliphatic rings. The summed E-state index contributed by atoms with van der Waals surface area (Å²) in [5.74, 6) is 0.305. The zero-order chi connectivity index (χ0) is 22.0. The van der Waals surface area contributed by atoms with Gasteiger partial charge in [0.1, 0.15) is 11.5 Å². The van der Waals surface area contributed by atoms with Crippen LogP contribution in [0.5, 0.6) is 0 Å². The lowest BCUT2D eigenvalue weighted by atomic mass is 10.2. The van der Waals surface area contributed by atoms with Crippen molar-refractivity contribution in [3.05, 3.63) is 65.2 Å². The molecule has 1 amide bonds. The van der Waals surface area contributed by atoms with E-state index in [2.05, 4.69) is 9.97 Å². The van der Waals surface area contributed by atoms with Gasteiger partial charge in [-0.1, -0.05) is 17.7 Å². The van der Waals surface area contributed by atoms with Crippen molar-refractivity contribution < 1.29 is 18.0 Å². The van der Waals surface area contributed by atoms with Crippen molar-refractivity contribution >= 4 is 35.0 Å².